The number of halogens is 5. The lowest BCUT2D eigenvalue weighted by Crippen LogP contribution is -2.36. The molecule has 123 heavy (non-hydrogen) atoms. The standard InChI is InChI=1S/C21H26ClN7O2.C20H22ClN7O.C16H24N6O2.C9H18N2O2.C7H7ClN4.C5H3BrClN.C4H6O2/c1-5-29-18(13-8-14(22)10-23-9-13)27-16-17(24-12-25-19(16)29)26-15-6-7-28(11-15)20(30)31-21(2,3)4;1-2-28-18(13-7-14(21)9-22-8-13)26-16-17(23-11-24-19(16)28)25-15-5-6-27(10-15)20(29)12-3-4-12;1-5-21-10-19-12-13(17-9-18-14(12)21)20-11-6-7-22(8-11)15(23)24-16(2,3)4;1-9(2,3)13-8(12)11-5-4-7(10)6-11;1-2-12-4-11-5-6(8)9-3-10-7(5)12;6-4-1-5(7)3-8-2-4;5-4(6)3-1-2-3/h8-10,12,15H,5-7,11H2,1-4H3,(H,24,25,26);7-9,11-12,15H,2-6,10H2,1H3,(H,23,24,25);9-11H,5-8H2,1-4H3,(H,17,18,20);7H,4-6,10H2,1-3H3;3-4H,2H2,1H3;1-3H;3H,1-2H2,(H,5,6)/t2*15-;11-;7-;;;/m0000.../s1. The molecule has 6 aliphatic rings. The highest BCUT2D eigenvalue weighted by Crippen LogP contribution is 2.35. The van der Waals surface area contributed by atoms with Crippen LogP contribution in [0.15, 0.2) is 97.8 Å². The molecule has 6 fully saturated rings. The van der Waals surface area contributed by atoms with Crippen molar-refractivity contribution in [3.8, 4) is 22.8 Å². The first-order valence-corrected chi connectivity index (χ1v) is 43.2. The van der Waals surface area contributed by atoms with E-state index in [1.807, 2.05) is 118 Å². The van der Waals surface area contributed by atoms with E-state index in [0.29, 0.717) is 107 Å². The molecule has 15 heterocycles. The van der Waals surface area contributed by atoms with Gasteiger partial charge in [0.1, 0.15) is 64.8 Å². The number of carbonyl (C=O) groups is 5. The van der Waals surface area contributed by atoms with Gasteiger partial charge in [0.2, 0.25) is 5.91 Å². The van der Waals surface area contributed by atoms with E-state index in [-0.39, 0.29) is 54.3 Å². The first-order valence-electron chi connectivity index (χ1n) is 40.9. The molecule has 0 aromatic carbocycles. The molecule has 4 aliphatic heterocycles. The minimum Gasteiger partial charge on any atom is -0.481 e. The van der Waals surface area contributed by atoms with Crippen molar-refractivity contribution in [2.75, 3.05) is 68.3 Å². The van der Waals surface area contributed by atoms with Crippen molar-refractivity contribution in [3.63, 3.8) is 0 Å². The number of carboxylic acid groups (broad SMARTS) is 1. The Morgan fingerprint density at radius 1 is 0.447 bits per heavy atom. The van der Waals surface area contributed by atoms with E-state index in [0.717, 1.165) is 138 Å². The predicted octanol–water partition coefficient (Wildman–Crippen LogP) is 14.7. The normalized spacial score (nSPS) is 17.4. The SMILES string of the molecule is CC(C)(C)OC(=O)N1CC[C@H](N)C1.CCn1c(-c2cncc(Cl)c2)nc2c(N[C@H]3CCN(C(=O)C4CC4)C3)ncnc21.CCn1c(-c2cncc(Cl)c2)nc2c(N[C@H]3CCN(C(=O)OC(C)(C)C)C3)ncnc21.CCn1cnc2c(Cl)ncnc21.CCn1cnc2c(N[C@H]3CCN(C(=O)OC(C)(C)C)C3)ncnc21.Clc1cncc(Br)c1.O=C(O)C1CC1. The zero-order valence-corrected chi connectivity index (χ0v) is 75.8. The highest BCUT2D eigenvalue weighted by atomic mass is 79.9. The summed E-state index contributed by atoms with van der Waals surface area (Å²) in [5.74, 6) is 3.49. The molecule has 17 rings (SSSR count). The van der Waals surface area contributed by atoms with Gasteiger partial charge in [-0.15, -0.1) is 0 Å². The van der Waals surface area contributed by atoms with Crippen LogP contribution in [-0.4, -0.2) is 241 Å². The molecule has 11 aromatic heterocycles. The summed E-state index contributed by atoms with van der Waals surface area (Å²) in [4.78, 5) is 130. The average Bonchev–Trinajstić information content (AvgIpc) is 1.63. The van der Waals surface area contributed by atoms with E-state index in [4.69, 9.17) is 81.4 Å². The van der Waals surface area contributed by atoms with E-state index in [1.54, 1.807) is 83.3 Å². The Hall–Kier alpha value is -10.6. The van der Waals surface area contributed by atoms with Gasteiger partial charge in [-0.05, 0) is 176 Å². The second-order valence-electron chi connectivity index (χ2n) is 32.9. The Balaban J connectivity index is 0.000000148. The molecule has 36 nitrogen and oxygen atoms in total. The second-order valence-corrected chi connectivity index (χ2v) is 35.5. The van der Waals surface area contributed by atoms with Crippen LogP contribution in [0.1, 0.15) is 141 Å². The minimum absolute atomic E-state index is 0.0185. The Morgan fingerprint density at radius 3 is 1.19 bits per heavy atom. The molecule has 11 aromatic rings. The van der Waals surface area contributed by atoms with Crippen LogP contribution in [0.3, 0.4) is 0 Å². The number of carbonyl (C=O) groups excluding carboxylic acids is 4. The number of hydrogen-bond donors (Lipinski definition) is 5. The Kier molecular flexibility index (Phi) is 31.6. The van der Waals surface area contributed by atoms with E-state index in [1.165, 1.54) is 12.7 Å². The third-order valence-electron chi connectivity index (χ3n) is 19.7. The van der Waals surface area contributed by atoms with Crippen molar-refractivity contribution < 1.29 is 43.3 Å². The number of nitrogens with two attached hydrogens (primary N) is 1. The molecule has 2 aliphatic carbocycles. The van der Waals surface area contributed by atoms with Crippen molar-refractivity contribution in [1.82, 2.24) is 113 Å². The van der Waals surface area contributed by atoms with Crippen LogP contribution in [0.25, 0.3) is 67.4 Å². The van der Waals surface area contributed by atoms with Gasteiger partial charge < -0.3 is 78.9 Å². The summed E-state index contributed by atoms with van der Waals surface area (Å²) in [6, 6.07) is 5.93. The number of amides is 4. The van der Waals surface area contributed by atoms with Gasteiger partial charge >= 0.3 is 24.2 Å². The number of nitrogens with zero attached hydrogens (tertiary/aromatic N) is 23. The molecule has 0 spiro atoms. The monoisotopic (exact) mass is 1830 g/mol. The molecule has 4 amide bonds. The van der Waals surface area contributed by atoms with Crippen molar-refractivity contribution in [1.29, 1.82) is 0 Å². The van der Waals surface area contributed by atoms with E-state index in [9.17, 15) is 24.0 Å². The van der Waals surface area contributed by atoms with Gasteiger partial charge in [-0.3, -0.25) is 24.5 Å². The topological polar surface area (TPSA) is 421 Å². The van der Waals surface area contributed by atoms with Crippen LogP contribution in [0.4, 0.5) is 31.8 Å². The van der Waals surface area contributed by atoms with Crippen molar-refractivity contribution in [3.05, 3.63) is 118 Å². The Labute approximate surface area is 741 Å². The molecule has 2 saturated carbocycles. The Morgan fingerprint density at radius 2 is 0.821 bits per heavy atom. The van der Waals surface area contributed by atoms with E-state index >= 15 is 0 Å². The maximum absolute atomic E-state index is 12.4. The lowest BCUT2D eigenvalue weighted by atomic mass is 10.2. The van der Waals surface area contributed by atoms with Gasteiger partial charge in [-0.25, -0.2) is 74.2 Å². The summed E-state index contributed by atoms with van der Waals surface area (Å²) in [7, 11) is 0. The third kappa shape index (κ3) is 26.0. The quantitative estimate of drug-likeness (QED) is 0.0498. The molecule has 4 saturated heterocycles. The first-order chi connectivity index (χ1) is 58.6. The van der Waals surface area contributed by atoms with E-state index < -0.39 is 22.8 Å². The second kappa shape index (κ2) is 41.7. The van der Waals surface area contributed by atoms with Crippen LogP contribution < -0.4 is 21.7 Å². The molecule has 6 N–H and O–H groups in total. The van der Waals surface area contributed by atoms with Crippen LogP contribution >= 0.6 is 62.3 Å². The highest BCUT2D eigenvalue weighted by molar-refractivity contribution is 9.10. The lowest BCUT2D eigenvalue weighted by Gasteiger charge is -2.24. The smallest absolute Gasteiger partial charge is 0.410 e. The molecular formula is C82H106BrCl4N27O9. The molecule has 0 bridgehead atoms. The zero-order chi connectivity index (χ0) is 88.6. The van der Waals surface area contributed by atoms with Crippen LogP contribution in [-0.2, 0) is 50.0 Å². The van der Waals surface area contributed by atoms with Crippen molar-refractivity contribution in [2.24, 2.45) is 17.6 Å². The number of rotatable bonds is 14. The van der Waals surface area contributed by atoms with E-state index in [2.05, 4.69) is 104 Å². The minimum atomic E-state index is -0.630. The number of likely N-dealkylation sites (tertiary alicyclic amines) is 4. The largest absolute Gasteiger partial charge is 0.481 e. The fourth-order valence-corrected chi connectivity index (χ4v) is 14.7. The zero-order valence-electron chi connectivity index (χ0n) is 71.2. The summed E-state index contributed by atoms with van der Waals surface area (Å²) < 4.78 is 25.0. The van der Waals surface area contributed by atoms with Gasteiger partial charge in [-0.2, -0.15) is 0 Å². The fraction of sp³-hybridized carbons (Fsp3) is 0.512. The first kappa shape index (κ1) is 93.1. The number of ether oxygens (including phenoxy) is 3. The molecule has 0 unspecified atom stereocenters. The number of imidazole rings is 4. The van der Waals surface area contributed by atoms with Crippen LogP contribution in [0.2, 0.25) is 20.2 Å². The lowest BCUT2D eigenvalue weighted by molar-refractivity contribution is -0.138. The average molecular weight is 1840 g/mol. The molecule has 4 atom stereocenters. The molecule has 0 radical (unpaired) electrons. The number of fused-ring (bicyclic) bond motifs is 4. The highest BCUT2D eigenvalue weighted by Gasteiger charge is 2.38. The summed E-state index contributed by atoms with van der Waals surface area (Å²) in [6.07, 6.45) is 26.0. The number of aryl methyl sites for hydroxylation is 4. The summed E-state index contributed by atoms with van der Waals surface area (Å²) in [6.45, 7) is 33.3. The van der Waals surface area contributed by atoms with Crippen LogP contribution in [0, 0.1) is 11.8 Å². The molecular weight excluding hydrogens is 1730 g/mol. The number of carboxylic acids is 1. The fourth-order valence-electron chi connectivity index (χ4n) is 13.5. The Bertz CT molecular complexity index is 5460. The summed E-state index contributed by atoms with van der Waals surface area (Å²) >= 11 is 26.8. The maximum atomic E-state index is 12.4. The van der Waals surface area contributed by atoms with Crippen LogP contribution in [0.5, 0.6) is 0 Å². The summed E-state index contributed by atoms with van der Waals surface area (Å²) in [5, 5.41) is 20.6. The number of nitrogens with one attached hydrogen (secondary N) is 3. The number of anilines is 3. The van der Waals surface area contributed by atoms with Crippen molar-refractivity contribution in [2.45, 2.75) is 209 Å². The van der Waals surface area contributed by atoms with Gasteiger partial charge in [-0.1, -0.05) is 46.4 Å². The maximum Gasteiger partial charge on any atom is 0.410 e. The number of aliphatic carboxylic acids is 1. The number of hydrogen-bond acceptors (Lipinski definition) is 27. The van der Waals surface area contributed by atoms with Gasteiger partial charge in [0.15, 0.2) is 56.2 Å². The third-order valence-corrected chi connectivity index (χ3v) is 21.0. The van der Waals surface area contributed by atoms with Gasteiger partial charge in [0, 0.05) is 161 Å². The molecule has 41 heteroatoms. The number of pyridine rings is 3. The predicted molar refractivity (Wildman–Crippen MR) is 474 cm³/mol. The van der Waals surface area contributed by atoms with Gasteiger partial charge in [0.25, 0.3) is 0 Å². The van der Waals surface area contributed by atoms with Crippen molar-refractivity contribution >= 4 is 155 Å². The summed E-state index contributed by atoms with van der Waals surface area (Å²) in [5.41, 5.74) is 11.9. The molecule has 658 valence electrons. The van der Waals surface area contributed by atoms with Gasteiger partial charge in [0.05, 0.1) is 33.6 Å². The number of aromatic nitrogens is 19.